The van der Waals surface area contributed by atoms with E-state index in [0.29, 0.717) is 20.3 Å². The van der Waals surface area contributed by atoms with Gasteiger partial charge >= 0.3 is 0 Å². The molecule has 110 valence electrons. The lowest BCUT2D eigenvalue weighted by Gasteiger charge is -2.12. The van der Waals surface area contributed by atoms with Crippen LogP contribution in [0.5, 0.6) is 5.75 Å². The molecule has 0 aliphatic carbocycles. The average molecular weight is 429 g/mol. The molecule has 0 heterocycles. The molecule has 0 bridgehead atoms. The first-order chi connectivity index (χ1) is 9.88. The highest BCUT2D eigenvalue weighted by Crippen LogP contribution is 2.36. The fourth-order valence-corrected chi connectivity index (χ4v) is 3.13. The van der Waals surface area contributed by atoms with Gasteiger partial charge in [0.1, 0.15) is 6.61 Å². The Morgan fingerprint density at radius 3 is 2.38 bits per heavy atom. The van der Waals surface area contributed by atoms with Crippen LogP contribution in [0.15, 0.2) is 34.8 Å². The van der Waals surface area contributed by atoms with Crippen molar-refractivity contribution in [2.24, 2.45) is 0 Å². The molecule has 0 radical (unpaired) electrons. The Labute approximate surface area is 150 Å². The summed E-state index contributed by atoms with van der Waals surface area (Å²) in [5, 5.41) is 0.735. The van der Waals surface area contributed by atoms with Crippen LogP contribution in [-0.2, 0) is 6.61 Å². The Hall–Kier alpha value is -0.450. The normalized spacial score (nSPS) is 10.5. The second kappa shape index (κ2) is 7.21. The van der Waals surface area contributed by atoms with Crippen LogP contribution in [0.1, 0.15) is 15.9 Å². The van der Waals surface area contributed by atoms with Gasteiger partial charge in [0.25, 0.3) is 5.24 Å². The molecule has 0 aliphatic heterocycles. The van der Waals surface area contributed by atoms with Gasteiger partial charge in [-0.3, -0.25) is 4.79 Å². The van der Waals surface area contributed by atoms with Crippen LogP contribution in [0, 0.1) is 0 Å². The molecule has 0 N–H and O–H groups in total. The molecular formula is C14H7BrCl4O2. The molecule has 2 aromatic carbocycles. The summed E-state index contributed by atoms with van der Waals surface area (Å²) in [5.41, 5.74) is 1.05. The Morgan fingerprint density at radius 1 is 1.10 bits per heavy atom. The lowest BCUT2D eigenvalue weighted by Crippen LogP contribution is -1.99. The molecule has 0 unspecified atom stereocenters. The van der Waals surface area contributed by atoms with Gasteiger partial charge in [0.2, 0.25) is 0 Å². The standard InChI is InChI=1S/C14H7BrCl4O2/c15-10-3-8(14(19)20)4-12(18)13(10)21-6-7-1-2-9(16)5-11(7)17/h1-5H,6H2. The van der Waals surface area contributed by atoms with Crippen LogP contribution in [0.4, 0.5) is 0 Å². The quantitative estimate of drug-likeness (QED) is 0.529. The summed E-state index contributed by atoms with van der Waals surface area (Å²) in [5.74, 6) is 0.407. The van der Waals surface area contributed by atoms with Gasteiger partial charge in [-0.1, -0.05) is 40.9 Å². The van der Waals surface area contributed by atoms with Crippen molar-refractivity contribution in [1.29, 1.82) is 0 Å². The Bertz CT molecular complexity index is 680. The van der Waals surface area contributed by atoms with E-state index in [4.69, 9.17) is 51.1 Å². The number of hydrogen-bond donors (Lipinski definition) is 0. The average Bonchev–Trinajstić information content (AvgIpc) is 2.39. The topological polar surface area (TPSA) is 26.3 Å². The third-order valence-electron chi connectivity index (χ3n) is 2.61. The third kappa shape index (κ3) is 4.27. The van der Waals surface area contributed by atoms with Crippen molar-refractivity contribution in [1.82, 2.24) is 0 Å². The van der Waals surface area contributed by atoms with Crippen LogP contribution >= 0.6 is 62.3 Å². The lowest BCUT2D eigenvalue weighted by atomic mass is 10.2. The first kappa shape index (κ1) is 16.9. The zero-order valence-corrected chi connectivity index (χ0v) is 14.9. The highest BCUT2D eigenvalue weighted by atomic mass is 79.9. The van der Waals surface area contributed by atoms with Crippen molar-refractivity contribution in [3.05, 3.63) is 61.0 Å². The highest BCUT2D eigenvalue weighted by Gasteiger charge is 2.13. The molecule has 0 atom stereocenters. The van der Waals surface area contributed by atoms with Gasteiger partial charge in [0, 0.05) is 21.2 Å². The highest BCUT2D eigenvalue weighted by molar-refractivity contribution is 9.10. The van der Waals surface area contributed by atoms with Crippen molar-refractivity contribution in [3.8, 4) is 5.75 Å². The van der Waals surface area contributed by atoms with E-state index < -0.39 is 5.24 Å². The molecule has 0 aromatic heterocycles. The number of rotatable bonds is 4. The van der Waals surface area contributed by atoms with E-state index in [1.165, 1.54) is 6.07 Å². The molecule has 7 heteroatoms. The monoisotopic (exact) mass is 426 g/mol. The van der Waals surface area contributed by atoms with Crippen molar-refractivity contribution >= 4 is 67.6 Å². The predicted octanol–water partition coefficient (Wildman–Crippen LogP) is 6.37. The van der Waals surface area contributed by atoms with Crippen molar-refractivity contribution in [2.75, 3.05) is 0 Å². The van der Waals surface area contributed by atoms with Crippen LogP contribution in [-0.4, -0.2) is 5.24 Å². The van der Waals surface area contributed by atoms with Gasteiger partial charge in [-0.15, -0.1) is 0 Å². The fourth-order valence-electron chi connectivity index (χ4n) is 1.60. The molecule has 0 spiro atoms. The number of ether oxygens (including phenoxy) is 1. The minimum absolute atomic E-state index is 0.211. The van der Waals surface area contributed by atoms with E-state index in [2.05, 4.69) is 15.9 Å². The molecule has 0 aliphatic rings. The summed E-state index contributed by atoms with van der Waals surface area (Å²) in [4.78, 5) is 11.1. The molecule has 2 nitrogen and oxygen atoms in total. The first-order valence-corrected chi connectivity index (χ1v) is 7.94. The summed E-state index contributed by atoms with van der Waals surface area (Å²) in [6, 6.07) is 8.11. The summed E-state index contributed by atoms with van der Waals surface area (Å²) in [6.45, 7) is 0.211. The molecule has 0 saturated heterocycles. The molecular weight excluding hydrogens is 422 g/mol. The van der Waals surface area contributed by atoms with Crippen LogP contribution < -0.4 is 4.74 Å². The van der Waals surface area contributed by atoms with E-state index >= 15 is 0 Å². The van der Waals surface area contributed by atoms with Crippen molar-refractivity contribution in [3.63, 3.8) is 0 Å². The van der Waals surface area contributed by atoms with Crippen molar-refractivity contribution < 1.29 is 9.53 Å². The Morgan fingerprint density at radius 2 is 1.81 bits per heavy atom. The Balaban J connectivity index is 2.22. The zero-order valence-electron chi connectivity index (χ0n) is 10.3. The molecule has 0 amide bonds. The summed E-state index contributed by atoms with van der Waals surface area (Å²) >= 11 is 26.7. The summed E-state index contributed by atoms with van der Waals surface area (Å²) < 4.78 is 6.18. The van der Waals surface area contributed by atoms with Gasteiger partial charge in [-0.2, -0.15) is 0 Å². The zero-order chi connectivity index (χ0) is 15.6. The lowest BCUT2D eigenvalue weighted by molar-refractivity contribution is 0.108. The maximum Gasteiger partial charge on any atom is 0.252 e. The van der Waals surface area contributed by atoms with E-state index in [-0.39, 0.29) is 17.2 Å². The van der Waals surface area contributed by atoms with E-state index in [0.717, 1.165) is 5.56 Å². The largest absolute Gasteiger partial charge is 0.486 e. The van der Waals surface area contributed by atoms with E-state index in [1.54, 1.807) is 24.3 Å². The van der Waals surface area contributed by atoms with Gasteiger partial charge in [-0.25, -0.2) is 0 Å². The molecule has 0 fully saturated rings. The fraction of sp³-hybridized carbons (Fsp3) is 0.0714. The SMILES string of the molecule is O=C(Cl)c1cc(Cl)c(OCc2ccc(Cl)cc2Cl)c(Br)c1. The predicted molar refractivity (Wildman–Crippen MR) is 90.1 cm³/mol. The van der Waals surface area contributed by atoms with Gasteiger partial charge < -0.3 is 4.74 Å². The summed E-state index contributed by atoms with van der Waals surface area (Å²) in [7, 11) is 0. The van der Waals surface area contributed by atoms with Crippen molar-refractivity contribution in [2.45, 2.75) is 6.61 Å². The number of carbonyl (C=O) groups is 1. The van der Waals surface area contributed by atoms with Gasteiger partial charge in [0.05, 0.1) is 9.50 Å². The maximum atomic E-state index is 11.1. The van der Waals surface area contributed by atoms with Crippen LogP contribution in [0.25, 0.3) is 0 Å². The van der Waals surface area contributed by atoms with E-state index in [1.807, 2.05) is 0 Å². The first-order valence-electron chi connectivity index (χ1n) is 5.64. The molecule has 21 heavy (non-hydrogen) atoms. The number of halogens is 5. The second-order valence-electron chi connectivity index (χ2n) is 4.07. The molecule has 2 aromatic rings. The van der Waals surface area contributed by atoms with E-state index in [9.17, 15) is 4.79 Å². The molecule has 2 rings (SSSR count). The smallest absolute Gasteiger partial charge is 0.252 e. The maximum absolute atomic E-state index is 11.1. The second-order valence-corrected chi connectivity index (χ2v) is 6.52. The van der Waals surface area contributed by atoms with Gasteiger partial charge in [0.15, 0.2) is 5.75 Å². The number of benzene rings is 2. The van der Waals surface area contributed by atoms with Crippen LogP contribution in [0.3, 0.4) is 0 Å². The minimum atomic E-state index is -0.593. The summed E-state index contributed by atoms with van der Waals surface area (Å²) in [6.07, 6.45) is 0. The number of carbonyl (C=O) groups excluding carboxylic acids is 1. The third-order valence-corrected chi connectivity index (χ3v) is 4.29. The minimum Gasteiger partial charge on any atom is -0.486 e. The van der Waals surface area contributed by atoms with Gasteiger partial charge in [-0.05, 0) is 51.8 Å². The molecule has 0 saturated carbocycles. The Kier molecular flexibility index (Phi) is 5.81. The number of hydrogen-bond acceptors (Lipinski definition) is 2. The van der Waals surface area contributed by atoms with Crippen LogP contribution in [0.2, 0.25) is 15.1 Å².